The van der Waals surface area contributed by atoms with Crippen LogP contribution in [0.3, 0.4) is 0 Å². The van der Waals surface area contributed by atoms with Gasteiger partial charge in [-0.1, -0.05) is 25.6 Å². The Kier molecular flexibility index (Phi) is 0.876. The lowest BCUT2D eigenvalue weighted by molar-refractivity contribution is -0.112. The summed E-state index contributed by atoms with van der Waals surface area (Å²) in [6.45, 7) is 4.39. The van der Waals surface area contributed by atoms with Crippen LogP contribution in [0.4, 0.5) is 0 Å². The molecule has 1 saturated carbocycles. The molecule has 2 rings (SSSR count). The quantitative estimate of drug-likeness (QED) is 0.510. The van der Waals surface area contributed by atoms with Crippen molar-refractivity contribution in [2.75, 3.05) is 5.75 Å². The highest BCUT2D eigenvalue weighted by Crippen LogP contribution is 2.65. The third kappa shape index (κ3) is 0.548. The van der Waals surface area contributed by atoms with Crippen molar-refractivity contribution in [1.82, 2.24) is 0 Å². The van der Waals surface area contributed by atoms with E-state index in [1.165, 1.54) is 11.8 Å². The van der Waals surface area contributed by atoms with Crippen LogP contribution < -0.4 is 0 Å². The zero-order valence-electron chi connectivity index (χ0n) is 5.68. The molecule has 2 heteroatoms. The zero-order valence-corrected chi connectivity index (χ0v) is 6.49. The van der Waals surface area contributed by atoms with Crippen molar-refractivity contribution >= 4 is 16.9 Å². The summed E-state index contributed by atoms with van der Waals surface area (Å²) < 4.78 is 0. The fourth-order valence-electron chi connectivity index (χ4n) is 1.78. The Morgan fingerprint density at radius 2 is 2.33 bits per heavy atom. The molecule has 1 heterocycles. The molecule has 2 fully saturated rings. The summed E-state index contributed by atoms with van der Waals surface area (Å²) in [5, 5.41) is 0.435. The van der Waals surface area contributed by atoms with Crippen LogP contribution in [0.15, 0.2) is 0 Å². The van der Waals surface area contributed by atoms with Gasteiger partial charge in [-0.3, -0.25) is 4.79 Å². The van der Waals surface area contributed by atoms with Crippen LogP contribution in [0.5, 0.6) is 0 Å². The molecular weight excluding hydrogens is 132 g/mol. The molecule has 0 radical (unpaired) electrons. The first-order valence-electron chi connectivity index (χ1n) is 3.30. The first-order valence-corrected chi connectivity index (χ1v) is 4.29. The number of fused-ring (bicyclic) bond motifs is 1. The third-order valence-corrected chi connectivity index (χ3v) is 3.77. The molecule has 50 valence electrons. The van der Waals surface area contributed by atoms with Gasteiger partial charge in [-0.15, -0.1) is 0 Å². The van der Waals surface area contributed by atoms with Crippen LogP contribution in [0.1, 0.15) is 13.8 Å². The maximum absolute atomic E-state index is 11.0. The molecule has 0 aromatic heterocycles. The Balaban J connectivity index is 2.23. The van der Waals surface area contributed by atoms with E-state index in [9.17, 15) is 4.79 Å². The Bertz CT molecular complexity index is 174. The molecule has 0 bridgehead atoms. The second kappa shape index (κ2) is 1.36. The highest BCUT2D eigenvalue weighted by atomic mass is 32.2. The van der Waals surface area contributed by atoms with Crippen LogP contribution in [-0.2, 0) is 4.79 Å². The van der Waals surface area contributed by atoms with Gasteiger partial charge >= 0.3 is 0 Å². The van der Waals surface area contributed by atoms with Gasteiger partial charge in [-0.05, 0) is 11.3 Å². The van der Waals surface area contributed by atoms with Gasteiger partial charge in [0, 0.05) is 11.7 Å². The second-order valence-electron chi connectivity index (χ2n) is 3.54. The third-order valence-electron chi connectivity index (χ3n) is 2.71. The first-order chi connectivity index (χ1) is 4.14. The fourth-order valence-corrected chi connectivity index (χ4v) is 3.40. The Labute approximate surface area is 59.2 Å². The van der Waals surface area contributed by atoms with Gasteiger partial charge in [0.05, 0.1) is 0 Å². The molecule has 0 amide bonds. The molecule has 1 aliphatic carbocycles. The van der Waals surface area contributed by atoms with Gasteiger partial charge in [-0.2, -0.15) is 0 Å². The number of thioether (sulfide) groups is 1. The Morgan fingerprint density at radius 1 is 1.67 bits per heavy atom. The fraction of sp³-hybridized carbons (Fsp3) is 0.857. The van der Waals surface area contributed by atoms with Gasteiger partial charge in [-0.25, -0.2) is 0 Å². The number of carbonyl (C=O) groups is 1. The normalized spacial score (nSPS) is 44.9. The smallest absolute Gasteiger partial charge is 0.192 e. The first kappa shape index (κ1) is 5.78. The highest BCUT2D eigenvalue weighted by molar-refractivity contribution is 8.14. The summed E-state index contributed by atoms with van der Waals surface area (Å²) >= 11 is 1.52. The molecule has 2 atom stereocenters. The summed E-state index contributed by atoms with van der Waals surface area (Å²) in [6.07, 6.45) is 0. The molecular formula is C7H10OS. The largest absolute Gasteiger partial charge is 0.287 e. The molecule has 1 saturated heterocycles. The van der Waals surface area contributed by atoms with Crippen LogP contribution in [-0.4, -0.2) is 10.9 Å². The lowest BCUT2D eigenvalue weighted by Gasteiger charge is -2.03. The average molecular weight is 142 g/mol. The minimum absolute atomic E-state index is 0.363. The van der Waals surface area contributed by atoms with E-state index in [2.05, 4.69) is 13.8 Å². The summed E-state index contributed by atoms with van der Waals surface area (Å²) in [7, 11) is 0. The van der Waals surface area contributed by atoms with Gasteiger partial charge in [0.1, 0.15) is 0 Å². The van der Waals surface area contributed by atoms with Gasteiger partial charge < -0.3 is 0 Å². The summed E-state index contributed by atoms with van der Waals surface area (Å²) in [5.74, 6) is 2.22. The zero-order chi connectivity index (χ0) is 6.65. The van der Waals surface area contributed by atoms with Crippen molar-refractivity contribution in [3.63, 3.8) is 0 Å². The van der Waals surface area contributed by atoms with E-state index in [1.807, 2.05) is 0 Å². The SMILES string of the molecule is CC1(C)C2CSC(=O)[C@H]21. The second-order valence-corrected chi connectivity index (χ2v) is 4.56. The topological polar surface area (TPSA) is 17.1 Å². The monoisotopic (exact) mass is 142 g/mol. The number of hydrogen-bond acceptors (Lipinski definition) is 2. The summed E-state index contributed by atoms with van der Waals surface area (Å²) in [5.41, 5.74) is 0.363. The van der Waals surface area contributed by atoms with Crippen molar-refractivity contribution in [1.29, 1.82) is 0 Å². The minimum atomic E-state index is 0.363. The predicted molar refractivity (Wildman–Crippen MR) is 38.2 cm³/mol. The van der Waals surface area contributed by atoms with E-state index < -0.39 is 0 Å². The van der Waals surface area contributed by atoms with Gasteiger partial charge in [0.2, 0.25) is 0 Å². The van der Waals surface area contributed by atoms with Crippen LogP contribution >= 0.6 is 11.8 Å². The molecule has 1 unspecified atom stereocenters. The van der Waals surface area contributed by atoms with Gasteiger partial charge in [0.15, 0.2) is 5.12 Å². The van der Waals surface area contributed by atoms with Crippen molar-refractivity contribution in [2.24, 2.45) is 17.3 Å². The van der Waals surface area contributed by atoms with Crippen molar-refractivity contribution in [3.05, 3.63) is 0 Å². The van der Waals surface area contributed by atoms with E-state index in [-0.39, 0.29) is 0 Å². The van der Waals surface area contributed by atoms with E-state index in [4.69, 9.17) is 0 Å². The maximum Gasteiger partial charge on any atom is 0.192 e. The standard InChI is InChI=1S/C7H10OS/c1-7(2)4-3-9-6(8)5(4)7/h4-5H,3H2,1-2H3/t4?,5-/m0/s1. The number of carbonyl (C=O) groups excluding carboxylic acids is 1. The molecule has 9 heavy (non-hydrogen) atoms. The molecule has 0 N–H and O–H groups in total. The maximum atomic E-state index is 11.0. The van der Waals surface area contributed by atoms with Crippen LogP contribution in [0, 0.1) is 17.3 Å². The van der Waals surface area contributed by atoms with Crippen molar-refractivity contribution < 1.29 is 4.79 Å². The Morgan fingerprint density at radius 3 is 2.56 bits per heavy atom. The lowest BCUT2D eigenvalue weighted by Crippen LogP contribution is -2.02. The Hall–Kier alpha value is 0.0200. The minimum Gasteiger partial charge on any atom is -0.287 e. The van der Waals surface area contributed by atoms with Crippen molar-refractivity contribution in [2.45, 2.75) is 13.8 Å². The molecule has 1 aliphatic heterocycles. The van der Waals surface area contributed by atoms with Crippen LogP contribution in [0.2, 0.25) is 0 Å². The molecule has 2 aliphatic rings. The predicted octanol–water partition coefficient (Wildman–Crippen LogP) is 1.53. The van der Waals surface area contributed by atoms with E-state index in [0.29, 0.717) is 16.4 Å². The number of hydrogen-bond donors (Lipinski definition) is 0. The lowest BCUT2D eigenvalue weighted by atomic mass is 10.1. The van der Waals surface area contributed by atoms with E-state index in [0.717, 1.165) is 11.7 Å². The van der Waals surface area contributed by atoms with E-state index >= 15 is 0 Å². The summed E-state index contributed by atoms with van der Waals surface area (Å²) in [4.78, 5) is 11.0. The van der Waals surface area contributed by atoms with Crippen LogP contribution in [0.25, 0.3) is 0 Å². The molecule has 1 nitrogen and oxygen atoms in total. The molecule has 0 spiro atoms. The molecule has 0 aromatic carbocycles. The van der Waals surface area contributed by atoms with Crippen molar-refractivity contribution in [3.8, 4) is 0 Å². The highest BCUT2D eigenvalue weighted by Gasteiger charge is 2.64. The average Bonchev–Trinajstić information content (AvgIpc) is 2.19. The van der Waals surface area contributed by atoms with E-state index in [1.54, 1.807) is 0 Å². The summed E-state index contributed by atoms with van der Waals surface area (Å²) in [6, 6.07) is 0. The molecule has 0 aromatic rings. The number of rotatable bonds is 0. The van der Waals surface area contributed by atoms with Gasteiger partial charge in [0.25, 0.3) is 0 Å².